The van der Waals surface area contributed by atoms with Gasteiger partial charge >= 0.3 is 0 Å². The summed E-state index contributed by atoms with van der Waals surface area (Å²) >= 11 is 0. The third kappa shape index (κ3) is 3.67. The van der Waals surface area contributed by atoms with Gasteiger partial charge in [-0.25, -0.2) is 18.1 Å². The summed E-state index contributed by atoms with van der Waals surface area (Å²) in [6.45, 7) is 0.0215. The number of nitrogen functional groups attached to an aromatic ring is 1. The zero-order valence-electron chi connectivity index (χ0n) is 10.3. The summed E-state index contributed by atoms with van der Waals surface area (Å²) in [5.41, 5.74) is 5.48. The Kier molecular flexibility index (Phi) is 4.62. The van der Waals surface area contributed by atoms with Crippen LogP contribution in [0.4, 0.5) is 5.82 Å². The molecule has 1 aromatic heterocycles. The Labute approximate surface area is 106 Å². The van der Waals surface area contributed by atoms with Crippen molar-refractivity contribution >= 4 is 21.7 Å². The topological polar surface area (TPSA) is 105 Å². The molecule has 3 N–H and O–H groups in total. The number of amides is 1. The normalized spacial score (nSPS) is 11.2. The first-order valence-corrected chi connectivity index (χ1v) is 6.73. The second-order valence-electron chi connectivity index (χ2n) is 3.82. The molecule has 0 aliphatic heterocycles. The first kappa shape index (κ1) is 14.4. The molecule has 0 aromatic carbocycles. The third-order valence-electron chi connectivity index (χ3n) is 2.22. The number of carbonyl (C=O) groups excluding carboxylic acids is 1. The molecule has 0 radical (unpaired) electrons. The number of rotatable bonds is 5. The summed E-state index contributed by atoms with van der Waals surface area (Å²) in [4.78, 5) is 16.3. The van der Waals surface area contributed by atoms with E-state index in [9.17, 15) is 13.2 Å². The van der Waals surface area contributed by atoms with Gasteiger partial charge in [0, 0.05) is 33.3 Å². The van der Waals surface area contributed by atoms with E-state index >= 15 is 0 Å². The lowest BCUT2D eigenvalue weighted by Crippen LogP contribution is -2.30. The number of aromatic nitrogens is 1. The minimum atomic E-state index is -3.72. The number of nitrogens with one attached hydrogen (secondary N) is 1. The standard InChI is InChI=1S/C10H16N4O3S/c1-14(2)9(15)5-7-13-18(16,17)8-4-3-6-12-10(8)11/h3-4,6,13H,5,7H2,1-2H3,(H2,11,12). The van der Waals surface area contributed by atoms with Crippen molar-refractivity contribution in [3.05, 3.63) is 18.3 Å². The maximum absolute atomic E-state index is 11.8. The van der Waals surface area contributed by atoms with Crippen molar-refractivity contribution in [2.75, 3.05) is 26.4 Å². The molecular formula is C10H16N4O3S. The molecule has 0 spiro atoms. The Morgan fingerprint density at radius 1 is 1.50 bits per heavy atom. The van der Waals surface area contributed by atoms with Gasteiger partial charge in [-0.2, -0.15) is 0 Å². The number of carbonyl (C=O) groups is 1. The van der Waals surface area contributed by atoms with Crippen LogP contribution in [0.1, 0.15) is 6.42 Å². The smallest absolute Gasteiger partial charge is 0.244 e. The maximum Gasteiger partial charge on any atom is 0.244 e. The monoisotopic (exact) mass is 272 g/mol. The van der Waals surface area contributed by atoms with Gasteiger partial charge in [0.05, 0.1) is 0 Å². The van der Waals surface area contributed by atoms with Crippen molar-refractivity contribution in [3.8, 4) is 0 Å². The van der Waals surface area contributed by atoms with Crippen LogP contribution in [-0.2, 0) is 14.8 Å². The Bertz CT molecular complexity index is 528. The fourth-order valence-corrected chi connectivity index (χ4v) is 2.34. The SMILES string of the molecule is CN(C)C(=O)CCNS(=O)(=O)c1cccnc1N. The molecule has 0 aliphatic carbocycles. The molecule has 1 rings (SSSR count). The van der Waals surface area contributed by atoms with Crippen LogP contribution in [0.25, 0.3) is 0 Å². The predicted molar refractivity (Wildman–Crippen MR) is 67.1 cm³/mol. The summed E-state index contributed by atoms with van der Waals surface area (Å²) in [6.07, 6.45) is 1.50. The van der Waals surface area contributed by atoms with Crippen molar-refractivity contribution < 1.29 is 13.2 Å². The number of hydrogen-bond acceptors (Lipinski definition) is 5. The molecule has 0 atom stereocenters. The van der Waals surface area contributed by atoms with Crippen molar-refractivity contribution in [2.45, 2.75) is 11.3 Å². The predicted octanol–water partition coefficient (Wildman–Crippen LogP) is -0.580. The first-order valence-electron chi connectivity index (χ1n) is 5.25. The molecule has 7 nitrogen and oxygen atoms in total. The van der Waals surface area contributed by atoms with Crippen molar-refractivity contribution in [1.82, 2.24) is 14.6 Å². The van der Waals surface area contributed by atoms with Gasteiger partial charge in [0.2, 0.25) is 15.9 Å². The van der Waals surface area contributed by atoms with E-state index in [1.165, 1.54) is 23.2 Å². The molecule has 0 aliphatic rings. The summed E-state index contributed by atoms with van der Waals surface area (Å²) < 4.78 is 26.0. The van der Waals surface area contributed by atoms with E-state index in [2.05, 4.69) is 9.71 Å². The average Bonchev–Trinajstić information content (AvgIpc) is 2.28. The first-order chi connectivity index (χ1) is 8.34. The van der Waals surface area contributed by atoms with Crippen LogP contribution in [0, 0.1) is 0 Å². The van der Waals surface area contributed by atoms with Crippen LogP contribution in [-0.4, -0.2) is 44.8 Å². The zero-order valence-corrected chi connectivity index (χ0v) is 11.1. The van der Waals surface area contributed by atoms with Gasteiger partial charge < -0.3 is 10.6 Å². The van der Waals surface area contributed by atoms with E-state index in [1.807, 2.05) is 0 Å². The van der Waals surface area contributed by atoms with E-state index < -0.39 is 10.0 Å². The van der Waals surface area contributed by atoms with Crippen LogP contribution >= 0.6 is 0 Å². The van der Waals surface area contributed by atoms with Crippen LogP contribution in [0.2, 0.25) is 0 Å². The Morgan fingerprint density at radius 3 is 2.72 bits per heavy atom. The lowest BCUT2D eigenvalue weighted by molar-refractivity contribution is -0.128. The van der Waals surface area contributed by atoms with Gasteiger partial charge in [-0.05, 0) is 12.1 Å². The second-order valence-corrected chi connectivity index (χ2v) is 5.56. The largest absolute Gasteiger partial charge is 0.383 e. The summed E-state index contributed by atoms with van der Waals surface area (Å²) in [5.74, 6) is -0.221. The van der Waals surface area contributed by atoms with Gasteiger partial charge in [-0.1, -0.05) is 0 Å². The van der Waals surface area contributed by atoms with E-state index in [4.69, 9.17) is 5.73 Å². The number of nitrogens with two attached hydrogens (primary N) is 1. The van der Waals surface area contributed by atoms with E-state index in [0.29, 0.717) is 0 Å². The Hall–Kier alpha value is -1.67. The average molecular weight is 272 g/mol. The zero-order chi connectivity index (χ0) is 13.8. The highest BCUT2D eigenvalue weighted by Crippen LogP contribution is 2.13. The molecule has 1 heterocycles. The summed E-state index contributed by atoms with van der Waals surface area (Å²) in [7, 11) is -0.506. The molecule has 1 aromatic rings. The minimum absolute atomic E-state index is 0.0215. The van der Waals surface area contributed by atoms with E-state index in [-0.39, 0.29) is 29.6 Å². The lowest BCUT2D eigenvalue weighted by atomic mass is 10.4. The Morgan fingerprint density at radius 2 is 2.17 bits per heavy atom. The van der Waals surface area contributed by atoms with Crippen LogP contribution < -0.4 is 10.5 Å². The summed E-state index contributed by atoms with van der Waals surface area (Å²) in [6, 6.07) is 2.84. The fraction of sp³-hybridized carbons (Fsp3) is 0.400. The highest BCUT2D eigenvalue weighted by atomic mass is 32.2. The molecule has 0 saturated heterocycles. The molecule has 18 heavy (non-hydrogen) atoms. The molecule has 100 valence electrons. The molecule has 0 saturated carbocycles. The van der Waals surface area contributed by atoms with Crippen molar-refractivity contribution in [1.29, 1.82) is 0 Å². The van der Waals surface area contributed by atoms with Crippen LogP contribution in [0.5, 0.6) is 0 Å². The maximum atomic E-state index is 11.8. The molecule has 8 heteroatoms. The van der Waals surface area contributed by atoms with Gasteiger partial charge in [0.15, 0.2) is 0 Å². The Balaban J connectivity index is 2.67. The van der Waals surface area contributed by atoms with E-state index in [0.717, 1.165) is 0 Å². The minimum Gasteiger partial charge on any atom is -0.383 e. The number of hydrogen-bond donors (Lipinski definition) is 2. The van der Waals surface area contributed by atoms with Gasteiger partial charge in [0.1, 0.15) is 10.7 Å². The van der Waals surface area contributed by atoms with Gasteiger partial charge in [0.25, 0.3) is 0 Å². The second kappa shape index (κ2) is 5.78. The molecule has 0 bridgehead atoms. The molecule has 0 fully saturated rings. The van der Waals surface area contributed by atoms with Crippen molar-refractivity contribution in [3.63, 3.8) is 0 Å². The third-order valence-corrected chi connectivity index (χ3v) is 3.73. The highest BCUT2D eigenvalue weighted by molar-refractivity contribution is 7.89. The van der Waals surface area contributed by atoms with Crippen LogP contribution in [0.3, 0.4) is 0 Å². The van der Waals surface area contributed by atoms with Gasteiger partial charge in [-0.3, -0.25) is 4.79 Å². The number of nitrogens with zero attached hydrogens (tertiary/aromatic N) is 2. The molecular weight excluding hydrogens is 256 g/mol. The molecule has 0 unspecified atom stereocenters. The van der Waals surface area contributed by atoms with Crippen molar-refractivity contribution in [2.24, 2.45) is 0 Å². The number of anilines is 1. The molecule has 1 amide bonds. The fourth-order valence-electron chi connectivity index (χ4n) is 1.22. The van der Waals surface area contributed by atoms with Gasteiger partial charge in [-0.15, -0.1) is 0 Å². The highest BCUT2D eigenvalue weighted by Gasteiger charge is 2.17. The van der Waals surface area contributed by atoms with Crippen LogP contribution in [0.15, 0.2) is 23.2 Å². The number of pyridine rings is 1. The lowest BCUT2D eigenvalue weighted by Gasteiger charge is -2.11. The summed E-state index contributed by atoms with van der Waals surface area (Å²) in [5, 5.41) is 0. The quantitative estimate of drug-likeness (QED) is 0.746. The number of sulfonamides is 1. The van der Waals surface area contributed by atoms with E-state index in [1.54, 1.807) is 14.1 Å².